The highest BCUT2D eigenvalue weighted by Crippen LogP contribution is 2.32. The Balaban J connectivity index is 2.15. The molecule has 0 spiro atoms. The fraction of sp³-hybridized carbons (Fsp3) is 0.800. The summed E-state index contributed by atoms with van der Waals surface area (Å²) in [7, 11) is 0. The van der Waals surface area contributed by atoms with Crippen molar-refractivity contribution in [1.82, 2.24) is 4.90 Å². The number of ketones is 1. The van der Waals surface area contributed by atoms with Crippen LogP contribution >= 0.6 is 0 Å². The minimum atomic E-state index is -0.866. The standard InChI is InChI=1S/C10H15NO3/c12-9-5-1-4-8-7(9)3-2-6-11(8)10(13)14/h7-8H,1-6H2,(H,13,14)/t7-,8-/m0/s1. The maximum atomic E-state index is 11.6. The van der Waals surface area contributed by atoms with E-state index in [9.17, 15) is 9.59 Å². The SMILES string of the molecule is O=C1CCC[C@H]2[C@@H]1CCCN2C(=O)O. The van der Waals surface area contributed by atoms with E-state index in [0.29, 0.717) is 13.0 Å². The number of carbonyl (C=O) groups is 2. The van der Waals surface area contributed by atoms with Crippen LogP contribution in [0.3, 0.4) is 0 Å². The molecule has 2 atom stereocenters. The highest BCUT2D eigenvalue weighted by Gasteiger charge is 2.39. The van der Waals surface area contributed by atoms with Gasteiger partial charge in [0.2, 0.25) is 0 Å². The molecule has 0 aromatic carbocycles. The zero-order valence-corrected chi connectivity index (χ0v) is 8.11. The van der Waals surface area contributed by atoms with Crippen LogP contribution in [0, 0.1) is 5.92 Å². The topological polar surface area (TPSA) is 57.6 Å². The van der Waals surface area contributed by atoms with E-state index in [1.807, 2.05) is 0 Å². The number of hydrogen-bond donors (Lipinski definition) is 1. The Labute approximate surface area is 82.9 Å². The van der Waals surface area contributed by atoms with Gasteiger partial charge in [-0.2, -0.15) is 0 Å². The molecule has 1 heterocycles. The first-order chi connectivity index (χ1) is 6.70. The lowest BCUT2D eigenvalue weighted by atomic mass is 9.77. The fourth-order valence-corrected chi connectivity index (χ4v) is 2.70. The Morgan fingerprint density at radius 2 is 2.14 bits per heavy atom. The molecule has 4 nitrogen and oxygen atoms in total. The van der Waals surface area contributed by atoms with Gasteiger partial charge in [-0.3, -0.25) is 4.79 Å². The minimum absolute atomic E-state index is 0.00593. The molecular weight excluding hydrogens is 182 g/mol. The van der Waals surface area contributed by atoms with Crippen molar-refractivity contribution < 1.29 is 14.7 Å². The molecule has 1 saturated heterocycles. The molecule has 0 aromatic rings. The fourth-order valence-electron chi connectivity index (χ4n) is 2.70. The van der Waals surface area contributed by atoms with Crippen LogP contribution in [-0.2, 0) is 4.79 Å². The van der Waals surface area contributed by atoms with Crippen molar-refractivity contribution in [3.05, 3.63) is 0 Å². The molecule has 1 aliphatic heterocycles. The van der Waals surface area contributed by atoms with E-state index in [2.05, 4.69) is 0 Å². The molecule has 1 saturated carbocycles. The highest BCUT2D eigenvalue weighted by atomic mass is 16.4. The van der Waals surface area contributed by atoms with Crippen LogP contribution in [0.4, 0.5) is 4.79 Å². The molecule has 1 amide bonds. The zero-order valence-electron chi connectivity index (χ0n) is 8.11. The molecule has 0 aromatic heterocycles. The van der Waals surface area contributed by atoms with Gasteiger partial charge >= 0.3 is 6.09 Å². The summed E-state index contributed by atoms with van der Waals surface area (Å²) in [5.74, 6) is 0.265. The average Bonchev–Trinajstić information content (AvgIpc) is 2.17. The summed E-state index contributed by atoms with van der Waals surface area (Å²) < 4.78 is 0. The minimum Gasteiger partial charge on any atom is -0.465 e. The Hall–Kier alpha value is -1.06. The second kappa shape index (κ2) is 3.59. The summed E-state index contributed by atoms with van der Waals surface area (Å²) in [4.78, 5) is 24.0. The number of hydrogen-bond acceptors (Lipinski definition) is 2. The monoisotopic (exact) mass is 197 g/mol. The summed E-state index contributed by atoms with van der Waals surface area (Å²) in [6.45, 7) is 0.601. The Morgan fingerprint density at radius 3 is 2.86 bits per heavy atom. The average molecular weight is 197 g/mol. The predicted octanol–water partition coefficient (Wildman–Crippen LogP) is 1.50. The quantitative estimate of drug-likeness (QED) is 0.640. The molecule has 78 valence electrons. The van der Waals surface area contributed by atoms with Crippen molar-refractivity contribution in [2.75, 3.05) is 6.54 Å². The van der Waals surface area contributed by atoms with E-state index in [1.165, 1.54) is 4.90 Å². The molecule has 2 aliphatic rings. The van der Waals surface area contributed by atoms with Gasteiger partial charge in [-0.25, -0.2) is 4.79 Å². The van der Waals surface area contributed by atoms with E-state index in [-0.39, 0.29) is 17.7 Å². The van der Waals surface area contributed by atoms with Gasteiger partial charge in [0.1, 0.15) is 5.78 Å². The highest BCUT2D eigenvalue weighted by molar-refractivity contribution is 5.83. The maximum absolute atomic E-state index is 11.6. The molecule has 2 rings (SSSR count). The zero-order chi connectivity index (χ0) is 10.1. The number of piperidine rings is 1. The van der Waals surface area contributed by atoms with E-state index >= 15 is 0 Å². The van der Waals surface area contributed by atoms with Gasteiger partial charge in [-0.15, -0.1) is 0 Å². The van der Waals surface area contributed by atoms with E-state index in [1.54, 1.807) is 0 Å². The van der Waals surface area contributed by atoms with Crippen molar-refractivity contribution in [1.29, 1.82) is 0 Å². The number of Topliss-reactive ketones (excluding diaryl/α,β-unsaturated/α-hetero) is 1. The molecule has 0 radical (unpaired) electrons. The van der Waals surface area contributed by atoms with Gasteiger partial charge in [-0.1, -0.05) is 0 Å². The normalized spacial score (nSPS) is 32.6. The molecular formula is C10H15NO3. The lowest BCUT2D eigenvalue weighted by Gasteiger charge is -2.41. The number of amides is 1. The molecule has 0 bridgehead atoms. The van der Waals surface area contributed by atoms with Crippen molar-refractivity contribution in [2.24, 2.45) is 5.92 Å². The van der Waals surface area contributed by atoms with Crippen LogP contribution in [0.1, 0.15) is 32.1 Å². The van der Waals surface area contributed by atoms with Crippen molar-refractivity contribution in [3.8, 4) is 0 Å². The Kier molecular flexibility index (Phi) is 2.44. The third kappa shape index (κ3) is 1.49. The van der Waals surface area contributed by atoms with Gasteiger partial charge in [-0.05, 0) is 25.7 Å². The van der Waals surface area contributed by atoms with Crippen molar-refractivity contribution >= 4 is 11.9 Å². The van der Waals surface area contributed by atoms with Crippen LogP contribution in [0.2, 0.25) is 0 Å². The third-order valence-electron chi connectivity index (χ3n) is 3.36. The second-order valence-corrected chi connectivity index (χ2v) is 4.15. The molecule has 4 heteroatoms. The van der Waals surface area contributed by atoms with Crippen LogP contribution in [0.15, 0.2) is 0 Å². The van der Waals surface area contributed by atoms with Crippen LogP contribution in [0.5, 0.6) is 0 Å². The Morgan fingerprint density at radius 1 is 1.36 bits per heavy atom. The summed E-state index contributed by atoms with van der Waals surface area (Å²) >= 11 is 0. The van der Waals surface area contributed by atoms with Crippen LogP contribution in [0.25, 0.3) is 0 Å². The molecule has 1 N–H and O–H groups in total. The van der Waals surface area contributed by atoms with Gasteiger partial charge < -0.3 is 10.0 Å². The number of nitrogens with zero attached hydrogens (tertiary/aromatic N) is 1. The molecule has 1 aliphatic carbocycles. The molecule has 0 unspecified atom stereocenters. The first-order valence-electron chi connectivity index (χ1n) is 5.22. The first kappa shape index (κ1) is 9.49. The van der Waals surface area contributed by atoms with Crippen molar-refractivity contribution in [2.45, 2.75) is 38.1 Å². The van der Waals surface area contributed by atoms with Crippen LogP contribution < -0.4 is 0 Å². The maximum Gasteiger partial charge on any atom is 0.407 e. The third-order valence-corrected chi connectivity index (χ3v) is 3.36. The van der Waals surface area contributed by atoms with E-state index in [4.69, 9.17) is 5.11 Å². The summed E-state index contributed by atoms with van der Waals surface area (Å²) in [6, 6.07) is -0.0255. The lowest BCUT2D eigenvalue weighted by Crippen LogP contribution is -2.51. The second-order valence-electron chi connectivity index (χ2n) is 4.15. The van der Waals surface area contributed by atoms with Crippen LogP contribution in [-0.4, -0.2) is 34.5 Å². The molecule has 14 heavy (non-hydrogen) atoms. The van der Waals surface area contributed by atoms with Gasteiger partial charge in [0.15, 0.2) is 0 Å². The van der Waals surface area contributed by atoms with Gasteiger partial charge in [0.05, 0.1) is 0 Å². The number of carboxylic acid groups (broad SMARTS) is 1. The molecule has 2 fully saturated rings. The van der Waals surface area contributed by atoms with Crippen molar-refractivity contribution in [3.63, 3.8) is 0 Å². The predicted molar refractivity (Wildman–Crippen MR) is 50.1 cm³/mol. The number of rotatable bonds is 0. The first-order valence-corrected chi connectivity index (χ1v) is 5.22. The number of carbonyl (C=O) groups excluding carboxylic acids is 1. The summed E-state index contributed by atoms with van der Waals surface area (Å²) in [5, 5.41) is 8.98. The van der Waals surface area contributed by atoms with E-state index in [0.717, 1.165) is 25.7 Å². The lowest BCUT2D eigenvalue weighted by molar-refractivity contribution is -0.128. The van der Waals surface area contributed by atoms with Gasteiger partial charge in [0, 0.05) is 24.9 Å². The smallest absolute Gasteiger partial charge is 0.407 e. The largest absolute Gasteiger partial charge is 0.465 e. The summed E-state index contributed by atoms with van der Waals surface area (Å²) in [6.07, 6.45) is 3.21. The number of fused-ring (bicyclic) bond motifs is 1. The summed E-state index contributed by atoms with van der Waals surface area (Å²) in [5.41, 5.74) is 0. The van der Waals surface area contributed by atoms with E-state index < -0.39 is 6.09 Å². The number of likely N-dealkylation sites (tertiary alicyclic amines) is 1. The Bertz CT molecular complexity index is 258. The van der Waals surface area contributed by atoms with Gasteiger partial charge in [0.25, 0.3) is 0 Å².